The molecule has 0 fully saturated rings. The largest absolute Gasteiger partial charge is 0.478 e. The maximum atomic E-state index is 10.2. The van der Waals surface area contributed by atoms with Gasteiger partial charge in [-0.05, 0) is 32.0 Å². The average molecular weight is 287 g/mol. The van der Waals surface area contributed by atoms with Gasteiger partial charge in [-0.1, -0.05) is 18.2 Å². The van der Waals surface area contributed by atoms with Crippen molar-refractivity contribution in [3.63, 3.8) is 0 Å². The third kappa shape index (κ3) is 6.15. The molecule has 2 aromatic rings. The fourth-order valence-electron chi connectivity index (χ4n) is 1.45. The first-order valence-electron chi connectivity index (χ1n) is 6.08. The van der Waals surface area contributed by atoms with Crippen LogP contribution in [0.1, 0.15) is 21.7 Å². The fraction of sp³-hybridized carbons (Fsp3) is 0.143. The van der Waals surface area contributed by atoms with Gasteiger partial charge in [0.2, 0.25) is 0 Å². The topological polar surface area (TPSA) is 127 Å². The minimum absolute atomic E-state index is 0.0278. The van der Waals surface area contributed by atoms with Crippen molar-refractivity contribution in [3.05, 3.63) is 53.3 Å². The van der Waals surface area contributed by atoms with Gasteiger partial charge in [-0.3, -0.25) is 0 Å². The predicted molar refractivity (Wildman–Crippen MR) is 80.4 cm³/mol. The first-order chi connectivity index (χ1) is 9.88. The number of hydrogen-bond acceptors (Lipinski definition) is 4. The van der Waals surface area contributed by atoms with Gasteiger partial charge in [-0.25, -0.2) is 14.8 Å². The normalized spacial score (nSPS) is 9.24. The van der Waals surface area contributed by atoms with Gasteiger partial charge >= 0.3 is 5.97 Å². The summed E-state index contributed by atoms with van der Waals surface area (Å²) in [6.45, 7) is 3.72. The number of carboxylic acids is 1. The summed E-state index contributed by atoms with van der Waals surface area (Å²) in [6.07, 6.45) is 0. The predicted octanol–water partition coefficient (Wildman–Crippen LogP) is 1.38. The smallest absolute Gasteiger partial charge is 0.335 e. The highest BCUT2D eigenvalue weighted by Gasteiger charge is 1.97. The van der Waals surface area contributed by atoms with E-state index in [4.69, 9.17) is 16.6 Å². The van der Waals surface area contributed by atoms with Crippen LogP contribution in [0, 0.1) is 13.8 Å². The molecule has 2 rings (SSSR count). The molecular weight excluding hydrogens is 270 g/mol. The van der Waals surface area contributed by atoms with Crippen molar-refractivity contribution in [2.45, 2.75) is 13.8 Å². The number of carbonyl (C=O) groups is 1. The second-order valence-electron chi connectivity index (χ2n) is 4.16. The SMILES string of the molecule is Cc1cc(C)nc(N=C(N)N)n1.O=C(O)c1ccccc1. The molecule has 0 amide bonds. The number of nitrogens with two attached hydrogens (primary N) is 2. The first kappa shape index (κ1) is 16.1. The first-order valence-corrected chi connectivity index (χ1v) is 6.08. The Bertz CT molecular complexity index is 617. The molecule has 21 heavy (non-hydrogen) atoms. The van der Waals surface area contributed by atoms with Crippen molar-refractivity contribution in [3.8, 4) is 0 Å². The van der Waals surface area contributed by atoms with E-state index in [1.165, 1.54) is 0 Å². The summed E-state index contributed by atoms with van der Waals surface area (Å²) in [4.78, 5) is 22.0. The summed E-state index contributed by atoms with van der Waals surface area (Å²) in [5, 5.41) is 8.38. The van der Waals surface area contributed by atoms with Crippen LogP contribution >= 0.6 is 0 Å². The molecule has 0 spiro atoms. The molecule has 0 saturated carbocycles. The molecule has 110 valence electrons. The number of benzene rings is 1. The summed E-state index contributed by atoms with van der Waals surface area (Å²) >= 11 is 0. The minimum atomic E-state index is -0.879. The number of carboxylic acid groups (broad SMARTS) is 1. The van der Waals surface area contributed by atoms with Gasteiger partial charge in [0.05, 0.1) is 5.56 Å². The lowest BCUT2D eigenvalue weighted by Gasteiger charge is -1.97. The van der Waals surface area contributed by atoms with Crippen LogP contribution < -0.4 is 11.5 Å². The second kappa shape index (κ2) is 7.59. The van der Waals surface area contributed by atoms with Crippen LogP contribution in [0.25, 0.3) is 0 Å². The maximum absolute atomic E-state index is 10.2. The Morgan fingerprint density at radius 2 is 1.62 bits per heavy atom. The van der Waals surface area contributed by atoms with Gasteiger partial charge in [-0.15, -0.1) is 0 Å². The van der Waals surface area contributed by atoms with Crippen molar-refractivity contribution in [1.82, 2.24) is 9.97 Å². The zero-order chi connectivity index (χ0) is 15.8. The van der Waals surface area contributed by atoms with E-state index < -0.39 is 5.97 Å². The Morgan fingerprint density at radius 1 is 1.10 bits per heavy atom. The molecule has 7 heteroatoms. The van der Waals surface area contributed by atoms with E-state index in [0.29, 0.717) is 11.5 Å². The molecular formula is C14H17N5O2. The Kier molecular flexibility index (Phi) is 5.81. The number of hydrogen-bond donors (Lipinski definition) is 3. The van der Waals surface area contributed by atoms with Crippen LogP contribution in [0.3, 0.4) is 0 Å². The van der Waals surface area contributed by atoms with Crippen LogP contribution in [0.2, 0.25) is 0 Å². The van der Waals surface area contributed by atoms with Crippen LogP contribution in [0.4, 0.5) is 5.95 Å². The van der Waals surface area contributed by atoms with Crippen LogP contribution in [-0.2, 0) is 0 Å². The van der Waals surface area contributed by atoms with Crippen molar-refractivity contribution in [2.75, 3.05) is 0 Å². The lowest BCUT2D eigenvalue weighted by molar-refractivity contribution is 0.0697. The highest BCUT2D eigenvalue weighted by atomic mass is 16.4. The Labute approximate surface area is 122 Å². The summed E-state index contributed by atoms with van der Waals surface area (Å²) in [5.74, 6) is -0.594. The van der Waals surface area contributed by atoms with E-state index in [9.17, 15) is 4.79 Å². The molecule has 1 aromatic carbocycles. The van der Waals surface area contributed by atoms with Crippen molar-refractivity contribution < 1.29 is 9.90 Å². The Hall–Kier alpha value is -2.96. The zero-order valence-electron chi connectivity index (χ0n) is 11.8. The number of guanidine groups is 1. The minimum Gasteiger partial charge on any atom is -0.478 e. The molecule has 1 aromatic heterocycles. The zero-order valence-corrected chi connectivity index (χ0v) is 11.8. The molecule has 1 heterocycles. The van der Waals surface area contributed by atoms with Crippen LogP contribution in [0.5, 0.6) is 0 Å². The molecule has 0 radical (unpaired) electrons. The lowest BCUT2D eigenvalue weighted by atomic mass is 10.2. The summed E-state index contributed by atoms with van der Waals surface area (Å²) < 4.78 is 0. The number of nitrogens with zero attached hydrogens (tertiary/aromatic N) is 3. The molecule has 0 saturated heterocycles. The van der Waals surface area contributed by atoms with Gasteiger partial charge in [0, 0.05) is 11.4 Å². The van der Waals surface area contributed by atoms with Crippen molar-refractivity contribution >= 4 is 17.9 Å². The van der Waals surface area contributed by atoms with Crippen LogP contribution in [-0.4, -0.2) is 27.0 Å². The third-order valence-corrected chi connectivity index (χ3v) is 2.22. The highest BCUT2D eigenvalue weighted by Crippen LogP contribution is 2.05. The van der Waals surface area contributed by atoms with E-state index in [2.05, 4.69) is 15.0 Å². The Balaban J connectivity index is 0.000000219. The van der Waals surface area contributed by atoms with Gasteiger partial charge in [0.1, 0.15) is 0 Å². The number of aryl methyl sites for hydroxylation is 2. The molecule has 7 nitrogen and oxygen atoms in total. The maximum Gasteiger partial charge on any atom is 0.335 e. The molecule has 0 aliphatic rings. The van der Waals surface area contributed by atoms with Crippen molar-refractivity contribution in [1.29, 1.82) is 0 Å². The van der Waals surface area contributed by atoms with Gasteiger partial charge in [-0.2, -0.15) is 4.99 Å². The van der Waals surface area contributed by atoms with Crippen LogP contribution in [0.15, 0.2) is 41.4 Å². The second-order valence-corrected chi connectivity index (χ2v) is 4.16. The fourth-order valence-corrected chi connectivity index (χ4v) is 1.45. The average Bonchev–Trinajstić information content (AvgIpc) is 2.38. The summed E-state index contributed by atoms with van der Waals surface area (Å²) in [7, 11) is 0. The van der Waals surface area contributed by atoms with E-state index in [0.717, 1.165) is 11.4 Å². The van der Waals surface area contributed by atoms with E-state index >= 15 is 0 Å². The van der Waals surface area contributed by atoms with E-state index in [-0.39, 0.29) is 5.96 Å². The molecule has 0 aliphatic heterocycles. The van der Waals surface area contributed by atoms with Gasteiger partial charge in [0.25, 0.3) is 5.95 Å². The molecule has 0 aliphatic carbocycles. The van der Waals surface area contributed by atoms with E-state index in [1.807, 2.05) is 19.9 Å². The third-order valence-electron chi connectivity index (χ3n) is 2.22. The number of aromatic carboxylic acids is 1. The van der Waals surface area contributed by atoms with Gasteiger partial charge in [0.15, 0.2) is 5.96 Å². The van der Waals surface area contributed by atoms with E-state index in [1.54, 1.807) is 30.3 Å². The number of aliphatic imine (C=N–C) groups is 1. The van der Waals surface area contributed by atoms with Crippen molar-refractivity contribution in [2.24, 2.45) is 16.5 Å². The molecule has 5 N–H and O–H groups in total. The quantitative estimate of drug-likeness (QED) is 0.565. The molecule has 0 unspecified atom stereocenters. The highest BCUT2D eigenvalue weighted by molar-refractivity contribution is 5.87. The number of rotatable bonds is 2. The molecule has 0 atom stereocenters. The Morgan fingerprint density at radius 3 is 2.00 bits per heavy atom. The lowest BCUT2D eigenvalue weighted by Crippen LogP contribution is -2.22. The standard InChI is InChI=1S/C7H11N5.C7H6O2/c1-4-3-5(2)11-7(10-4)12-6(8)9;8-7(9)6-4-2-1-3-5-6/h3H,1-2H3,(H4,8,9,10,11,12);1-5H,(H,8,9). The summed E-state index contributed by atoms with van der Waals surface area (Å²) in [6, 6.07) is 10.1. The van der Waals surface area contributed by atoms with Gasteiger partial charge < -0.3 is 16.6 Å². The molecule has 0 bridgehead atoms. The summed E-state index contributed by atoms with van der Waals surface area (Å²) in [5.41, 5.74) is 12.4. The number of aromatic nitrogens is 2. The monoisotopic (exact) mass is 287 g/mol.